The normalized spacial score (nSPS) is 12.6. The van der Waals surface area contributed by atoms with Gasteiger partial charge in [-0.25, -0.2) is 14.8 Å². The number of esters is 2. The number of nitrogens with zero attached hydrogens (tertiary/aromatic N) is 3. The number of aromatic amines is 1. The first-order valence-corrected chi connectivity index (χ1v) is 11.1. The van der Waals surface area contributed by atoms with E-state index in [2.05, 4.69) is 20.3 Å². The zero-order chi connectivity index (χ0) is 25.2. The minimum Gasteiger partial charge on any atom is -0.463 e. The highest BCUT2D eigenvalue weighted by molar-refractivity contribution is 5.89. The average molecular weight is 485 g/mol. The summed E-state index contributed by atoms with van der Waals surface area (Å²) in [6.07, 6.45) is 1.55. The second-order valence-electron chi connectivity index (χ2n) is 7.50. The molecule has 2 aromatic heterocycles. The van der Waals surface area contributed by atoms with Crippen molar-refractivity contribution in [3.05, 3.63) is 58.9 Å². The Morgan fingerprint density at radius 2 is 1.86 bits per heavy atom. The molecular formula is C23H27N5O7. The van der Waals surface area contributed by atoms with Gasteiger partial charge >= 0.3 is 11.9 Å². The first-order chi connectivity index (χ1) is 16.9. The van der Waals surface area contributed by atoms with Gasteiger partial charge < -0.3 is 24.5 Å². The molecule has 3 rings (SSSR count). The van der Waals surface area contributed by atoms with E-state index < -0.39 is 29.8 Å². The first kappa shape index (κ1) is 25.6. The van der Waals surface area contributed by atoms with Crippen LogP contribution in [0.15, 0.2) is 47.8 Å². The van der Waals surface area contributed by atoms with Crippen molar-refractivity contribution in [3.63, 3.8) is 0 Å². The highest BCUT2D eigenvalue weighted by atomic mass is 16.6. The molecule has 0 aliphatic heterocycles. The Balaban J connectivity index is 1.73. The summed E-state index contributed by atoms with van der Waals surface area (Å²) >= 11 is 0. The molecule has 2 N–H and O–H groups in total. The number of aromatic nitrogens is 4. The van der Waals surface area contributed by atoms with Gasteiger partial charge in [-0.1, -0.05) is 25.1 Å². The number of hydrogen-bond donors (Lipinski definition) is 2. The molecule has 186 valence electrons. The summed E-state index contributed by atoms with van der Waals surface area (Å²) in [7, 11) is 1.49. The Bertz CT molecular complexity index is 1210. The number of nitrogens with one attached hydrogen (secondary N) is 2. The fraction of sp³-hybridized carbons (Fsp3) is 0.391. The highest BCUT2D eigenvalue weighted by Gasteiger charge is 2.24. The Morgan fingerprint density at radius 1 is 1.09 bits per heavy atom. The van der Waals surface area contributed by atoms with E-state index in [1.807, 2.05) is 6.92 Å². The monoisotopic (exact) mass is 485 g/mol. The van der Waals surface area contributed by atoms with Crippen molar-refractivity contribution in [2.45, 2.75) is 38.5 Å². The smallest absolute Gasteiger partial charge is 0.338 e. The largest absolute Gasteiger partial charge is 0.463 e. The lowest BCUT2D eigenvalue weighted by Gasteiger charge is -2.25. The van der Waals surface area contributed by atoms with Gasteiger partial charge in [0, 0.05) is 13.5 Å². The molecule has 12 heteroatoms. The van der Waals surface area contributed by atoms with E-state index in [-0.39, 0.29) is 43.1 Å². The minimum absolute atomic E-state index is 0.0201. The lowest BCUT2D eigenvalue weighted by molar-refractivity contribution is -0.154. The topological polar surface area (TPSA) is 154 Å². The highest BCUT2D eigenvalue weighted by Crippen LogP contribution is 2.19. The standard InChI is InChI=1S/C23H27N5O7/c1-3-16(11-33-19(30)10-9-17(29)24-2)35-18(12-34-23(32)15-7-5-4-6-8-15)28-14-27-20-21(28)25-13-26-22(20)31/h4-8,13-14,16,18H,3,9-12H2,1-2H3,(H,24,29)(H,25,26,31)/t16-,18-/m1/s1. The zero-order valence-electron chi connectivity index (χ0n) is 19.4. The number of hydrogen-bond acceptors (Lipinski definition) is 9. The van der Waals surface area contributed by atoms with Crippen LogP contribution in [0.5, 0.6) is 0 Å². The summed E-state index contributed by atoms with van der Waals surface area (Å²) in [5.74, 6) is -1.35. The van der Waals surface area contributed by atoms with E-state index in [1.54, 1.807) is 30.3 Å². The second-order valence-corrected chi connectivity index (χ2v) is 7.50. The van der Waals surface area contributed by atoms with Gasteiger partial charge in [0.2, 0.25) is 5.91 Å². The lowest BCUT2D eigenvalue weighted by Crippen LogP contribution is -2.29. The maximum Gasteiger partial charge on any atom is 0.338 e. The number of carbonyl (C=O) groups excluding carboxylic acids is 3. The molecule has 3 aromatic rings. The summed E-state index contributed by atoms with van der Waals surface area (Å²) in [5, 5.41) is 2.44. The Kier molecular flexibility index (Phi) is 9.07. The molecule has 35 heavy (non-hydrogen) atoms. The van der Waals surface area contributed by atoms with Crippen LogP contribution in [0.4, 0.5) is 0 Å². The second kappa shape index (κ2) is 12.4. The maximum atomic E-state index is 12.5. The van der Waals surface area contributed by atoms with Gasteiger partial charge in [-0.05, 0) is 18.6 Å². The molecule has 2 atom stereocenters. The number of benzene rings is 1. The van der Waals surface area contributed by atoms with Crippen LogP contribution in [0, 0.1) is 0 Å². The van der Waals surface area contributed by atoms with Crippen molar-refractivity contribution in [3.8, 4) is 0 Å². The summed E-state index contributed by atoms with van der Waals surface area (Å²) < 4.78 is 18.3. The molecular weight excluding hydrogens is 458 g/mol. The zero-order valence-corrected chi connectivity index (χ0v) is 19.4. The number of H-pyrrole nitrogens is 1. The predicted molar refractivity (Wildman–Crippen MR) is 123 cm³/mol. The summed E-state index contributed by atoms with van der Waals surface area (Å²) in [6.45, 7) is 1.55. The number of rotatable bonds is 12. The third-order valence-electron chi connectivity index (χ3n) is 5.11. The van der Waals surface area contributed by atoms with E-state index in [1.165, 1.54) is 24.3 Å². The summed E-state index contributed by atoms with van der Waals surface area (Å²) in [4.78, 5) is 58.6. The van der Waals surface area contributed by atoms with Crippen molar-refractivity contribution < 1.29 is 28.6 Å². The summed E-state index contributed by atoms with van der Waals surface area (Å²) in [5.41, 5.74) is 0.287. The van der Waals surface area contributed by atoms with E-state index in [9.17, 15) is 19.2 Å². The molecule has 2 heterocycles. The molecule has 1 amide bonds. The lowest BCUT2D eigenvalue weighted by atomic mass is 10.2. The fourth-order valence-electron chi connectivity index (χ4n) is 3.14. The predicted octanol–water partition coefficient (Wildman–Crippen LogP) is 1.34. The van der Waals surface area contributed by atoms with Gasteiger partial charge in [-0.15, -0.1) is 0 Å². The van der Waals surface area contributed by atoms with Crippen LogP contribution in [-0.4, -0.2) is 63.7 Å². The number of amides is 1. The van der Waals surface area contributed by atoms with Crippen LogP contribution in [0.2, 0.25) is 0 Å². The third kappa shape index (κ3) is 6.96. The molecule has 0 fully saturated rings. The van der Waals surface area contributed by atoms with Gasteiger partial charge in [0.25, 0.3) is 5.56 Å². The van der Waals surface area contributed by atoms with Crippen LogP contribution in [0.25, 0.3) is 11.2 Å². The van der Waals surface area contributed by atoms with Crippen LogP contribution in [0.3, 0.4) is 0 Å². The average Bonchev–Trinajstić information content (AvgIpc) is 3.32. The van der Waals surface area contributed by atoms with Crippen molar-refractivity contribution in [1.29, 1.82) is 0 Å². The van der Waals surface area contributed by atoms with Crippen LogP contribution < -0.4 is 10.9 Å². The van der Waals surface area contributed by atoms with Crippen molar-refractivity contribution >= 4 is 29.0 Å². The molecule has 0 aliphatic rings. The Labute approximate surface area is 200 Å². The summed E-state index contributed by atoms with van der Waals surface area (Å²) in [6, 6.07) is 8.47. The van der Waals surface area contributed by atoms with Crippen LogP contribution >= 0.6 is 0 Å². The van der Waals surface area contributed by atoms with Crippen molar-refractivity contribution in [1.82, 2.24) is 24.8 Å². The van der Waals surface area contributed by atoms with Crippen LogP contribution in [0.1, 0.15) is 42.8 Å². The number of carbonyl (C=O) groups is 3. The van der Waals surface area contributed by atoms with Crippen molar-refractivity contribution in [2.75, 3.05) is 20.3 Å². The Hall–Kier alpha value is -4.06. The fourth-order valence-corrected chi connectivity index (χ4v) is 3.14. The van der Waals surface area contributed by atoms with Gasteiger partial charge in [-0.2, -0.15) is 0 Å². The van der Waals surface area contributed by atoms with Gasteiger partial charge in [0.15, 0.2) is 17.4 Å². The molecule has 0 spiro atoms. The Morgan fingerprint density at radius 3 is 2.57 bits per heavy atom. The van der Waals surface area contributed by atoms with E-state index in [0.717, 1.165) is 0 Å². The molecule has 12 nitrogen and oxygen atoms in total. The van der Waals surface area contributed by atoms with Gasteiger partial charge in [0.1, 0.15) is 13.2 Å². The van der Waals surface area contributed by atoms with E-state index >= 15 is 0 Å². The third-order valence-corrected chi connectivity index (χ3v) is 5.11. The van der Waals surface area contributed by atoms with E-state index in [0.29, 0.717) is 12.0 Å². The molecule has 0 bridgehead atoms. The number of imidazole rings is 1. The minimum atomic E-state index is -0.906. The maximum absolute atomic E-state index is 12.5. The quantitative estimate of drug-likeness (QED) is 0.362. The molecule has 0 saturated heterocycles. The molecule has 0 saturated carbocycles. The number of ether oxygens (including phenoxy) is 3. The SMILES string of the molecule is CC[C@H](COC(=O)CCC(=O)NC)O[C@H](COC(=O)c1ccccc1)n1cnc2c(=O)[nH]cnc21. The van der Waals surface area contributed by atoms with Crippen molar-refractivity contribution in [2.24, 2.45) is 0 Å². The van der Waals surface area contributed by atoms with Gasteiger partial charge in [-0.3, -0.25) is 19.0 Å². The molecule has 0 unspecified atom stereocenters. The number of fused-ring (bicyclic) bond motifs is 1. The van der Waals surface area contributed by atoms with E-state index in [4.69, 9.17) is 14.2 Å². The first-order valence-electron chi connectivity index (χ1n) is 11.1. The van der Waals surface area contributed by atoms with Crippen LogP contribution in [-0.2, 0) is 23.8 Å². The molecule has 0 aliphatic carbocycles. The molecule has 1 aromatic carbocycles. The van der Waals surface area contributed by atoms with Gasteiger partial charge in [0.05, 0.1) is 30.7 Å². The molecule has 0 radical (unpaired) electrons.